The second-order valence-electron chi connectivity index (χ2n) is 5.45. The van der Waals surface area contributed by atoms with E-state index in [0.717, 1.165) is 11.1 Å². The number of amides is 2. The summed E-state index contributed by atoms with van der Waals surface area (Å²) in [7, 11) is 0. The molecule has 5 N–H and O–H groups in total. The first kappa shape index (κ1) is 19.7. The van der Waals surface area contributed by atoms with E-state index in [9.17, 15) is 9.59 Å². The maximum atomic E-state index is 12.2. The molecule has 0 spiro atoms. The van der Waals surface area contributed by atoms with Crippen LogP contribution in [-0.4, -0.2) is 23.9 Å². The number of hydrogen-bond donors (Lipinski definition) is 3. The Labute approximate surface area is 147 Å². The van der Waals surface area contributed by atoms with E-state index in [1.807, 2.05) is 60.7 Å². The number of rotatable bonds is 7. The highest BCUT2D eigenvalue weighted by atomic mass is 35.5. The minimum Gasteiger partial charge on any atom is -0.368 e. The first-order valence-corrected chi connectivity index (χ1v) is 7.49. The van der Waals surface area contributed by atoms with Crippen LogP contribution < -0.4 is 16.8 Å². The molecule has 6 heteroatoms. The molecule has 0 aliphatic carbocycles. The Hall–Kier alpha value is -2.37. The van der Waals surface area contributed by atoms with Crippen LogP contribution in [0.1, 0.15) is 11.1 Å². The molecule has 2 rings (SSSR count). The van der Waals surface area contributed by atoms with Crippen LogP contribution >= 0.6 is 12.4 Å². The Kier molecular flexibility index (Phi) is 7.95. The molecule has 0 saturated carbocycles. The monoisotopic (exact) mass is 347 g/mol. The molecule has 0 saturated heterocycles. The molecule has 0 aliphatic rings. The first-order valence-electron chi connectivity index (χ1n) is 7.49. The third-order valence-electron chi connectivity index (χ3n) is 3.58. The molecular weight excluding hydrogens is 326 g/mol. The molecule has 0 fully saturated rings. The van der Waals surface area contributed by atoms with Crippen molar-refractivity contribution >= 4 is 24.2 Å². The topological polar surface area (TPSA) is 98.2 Å². The standard InChI is InChI=1S/C18H21N3O2.ClH/c19-15(11-13-7-3-1-4-8-13)18(23)21-16(17(20)22)12-14-9-5-2-6-10-14;/h1-10,15-16H,11-12,19H2,(H2,20,22)(H,21,23);1H/t15-,16-;/m0./s1. The predicted octanol–water partition coefficient (Wildman–Crippen LogP) is 1.19. The van der Waals surface area contributed by atoms with Gasteiger partial charge >= 0.3 is 0 Å². The molecule has 2 atom stereocenters. The molecule has 2 amide bonds. The number of nitrogens with one attached hydrogen (secondary N) is 1. The summed E-state index contributed by atoms with van der Waals surface area (Å²) in [6, 6.07) is 17.4. The number of nitrogens with two attached hydrogens (primary N) is 2. The minimum atomic E-state index is -0.772. The van der Waals surface area contributed by atoms with Crippen LogP contribution in [0.2, 0.25) is 0 Å². The summed E-state index contributed by atoms with van der Waals surface area (Å²) in [5, 5.41) is 2.65. The second-order valence-corrected chi connectivity index (χ2v) is 5.45. The zero-order chi connectivity index (χ0) is 16.7. The molecular formula is C18H22ClN3O2. The van der Waals surface area contributed by atoms with Gasteiger partial charge in [-0.15, -0.1) is 12.4 Å². The van der Waals surface area contributed by atoms with Crippen LogP contribution in [0, 0.1) is 0 Å². The van der Waals surface area contributed by atoms with Crippen LogP contribution in [-0.2, 0) is 22.4 Å². The predicted molar refractivity (Wildman–Crippen MR) is 96.6 cm³/mol. The number of hydrogen-bond acceptors (Lipinski definition) is 3. The summed E-state index contributed by atoms with van der Waals surface area (Å²) < 4.78 is 0. The van der Waals surface area contributed by atoms with Crippen molar-refractivity contribution in [3.8, 4) is 0 Å². The van der Waals surface area contributed by atoms with Crippen molar-refractivity contribution < 1.29 is 9.59 Å². The van der Waals surface area contributed by atoms with E-state index in [-0.39, 0.29) is 18.3 Å². The average Bonchev–Trinajstić information content (AvgIpc) is 2.56. The third-order valence-corrected chi connectivity index (χ3v) is 3.58. The highest BCUT2D eigenvalue weighted by Gasteiger charge is 2.22. The summed E-state index contributed by atoms with van der Waals surface area (Å²) in [5.74, 6) is -0.956. The third kappa shape index (κ3) is 6.02. The highest BCUT2D eigenvalue weighted by Crippen LogP contribution is 2.05. The Morgan fingerprint density at radius 1 is 0.875 bits per heavy atom. The molecule has 2 aromatic carbocycles. The van der Waals surface area contributed by atoms with Crippen molar-refractivity contribution in [2.45, 2.75) is 24.9 Å². The molecule has 0 aliphatic heterocycles. The smallest absolute Gasteiger partial charge is 0.240 e. The Balaban J connectivity index is 0.00000288. The summed E-state index contributed by atoms with van der Waals surface area (Å²) in [6.07, 6.45) is 0.753. The van der Waals surface area contributed by atoms with Crippen LogP contribution in [0.5, 0.6) is 0 Å². The minimum absolute atomic E-state index is 0. The summed E-state index contributed by atoms with van der Waals surface area (Å²) in [5.41, 5.74) is 13.2. The molecule has 0 aromatic heterocycles. The van der Waals surface area contributed by atoms with Gasteiger partial charge < -0.3 is 16.8 Å². The Morgan fingerprint density at radius 2 is 1.33 bits per heavy atom. The fraction of sp³-hybridized carbons (Fsp3) is 0.222. The zero-order valence-corrected chi connectivity index (χ0v) is 14.0. The van der Waals surface area contributed by atoms with E-state index < -0.39 is 18.0 Å². The normalized spacial score (nSPS) is 12.5. The lowest BCUT2D eigenvalue weighted by Gasteiger charge is -2.18. The second kappa shape index (κ2) is 9.70. The molecule has 2 aromatic rings. The lowest BCUT2D eigenvalue weighted by molar-refractivity contribution is -0.128. The van der Waals surface area contributed by atoms with Gasteiger partial charge in [0, 0.05) is 6.42 Å². The van der Waals surface area contributed by atoms with Gasteiger partial charge in [-0.25, -0.2) is 0 Å². The zero-order valence-electron chi connectivity index (χ0n) is 13.2. The quantitative estimate of drug-likeness (QED) is 0.701. The fourth-order valence-corrected chi connectivity index (χ4v) is 2.31. The van der Waals surface area contributed by atoms with Crippen LogP contribution in [0.3, 0.4) is 0 Å². The van der Waals surface area contributed by atoms with Crippen molar-refractivity contribution in [3.63, 3.8) is 0 Å². The lowest BCUT2D eigenvalue weighted by atomic mass is 10.0. The van der Waals surface area contributed by atoms with Gasteiger partial charge in [-0.2, -0.15) is 0 Å². The van der Waals surface area contributed by atoms with Crippen molar-refractivity contribution in [1.82, 2.24) is 5.32 Å². The van der Waals surface area contributed by atoms with E-state index in [2.05, 4.69) is 5.32 Å². The van der Waals surface area contributed by atoms with E-state index in [4.69, 9.17) is 11.5 Å². The Morgan fingerprint density at radius 3 is 1.79 bits per heavy atom. The maximum absolute atomic E-state index is 12.2. The summed E-state index contributed by atoms with van der Waals surface area (Å²) in [4.78, 5) is 23.8. The molecule has 0 bridgehead atoms. The van der Waals surface area contributed by atoms with Gasteiger partial charge in [0.1, 0.15) is 6.04 Å². The first-order chi connectivity index (χ1) is 11.1. The van der Waals surface area contributed by atoms with Crippen molar-refractivity contribution in [3.05, 3.63) is 71.8 Å². The molecule has 0 radical (unpaired) electrons. The lowest BCUT2D eigenvalue weighted by Crippen LogP contribution is -2.51. The van der Waals surface area contributed by atoms with Crippen molar-refractivity contribution in [1.29, 1.82) is 0 Å². The number of carbonyl (C=O) groups is 2. The van der Waals surface area contributed by atoms with E-state index in [0.29, 0.717) is 12.8 Å². The van der Waals surface area contributed by atoms with Crippen LogP contribution in [0.25, 0.3) is 0 Å². The van der Waals surface area contributed by atoms with Gasteiger partial charge in [-0.05, 0) is 17.5 Å². The number of carbonyl (C=O) groups excluding carboxylic acids is 2. The molecule has 24 heavy (non-hydrogen) atoms. The SMILES string of the molecule is Cl.NC(=O)[C@H](Cc1ccccc1)NC(=O)[C@@H](N)Cc1ccccc1. The average molecular weight is 348 g/mol. The van der Waals surface area contributed by atoms with Gasteiger partial charge in [0.25, 0.3) is 0 Å². The highest BCUT2D eigenvalue weighted by molar-refractivity contribution is 5.89. The molecule has 0 heterocycles. The van der Waals surface area contributed by atoms with Gasteiger partial charge in [0.2, 0.25) is 11.8 Å². The van der Waals surface area contributed by atoms with Gasteiger partial charge in [-0.3, -0.25) is 9.59 Å². The molecule has 0 unspecified atom stereocenters. The molecule has 128 valence electrons. The Bertz CT molecular complexity index is 650. The van der Waals surface area contributed by atoms with E-state index in [1.165, 1.54) is 0 Å². The van der Waals surface area contributed by atoms with Crippen molar-refractivity contribution in [2.75, 3.05) is 0 Å². The number of halogens is 1. The van der Waals surface area contributed by atoms with E-state index >= 15 is 0 Å². The van der Waals surface area contributed by atoms with E-state index in [1.54, 1.807) is 0 Å². The van der Waals surface area contributed by atoms with Crippen LogP contribution in [0.15, 0.2) is 60.7 Å². The van der Waals surface area contributed by atoms with Crippen molar-refractivity contribution in [2.24, 2.45) is 11.5 Å². The maximum Gasteiger partial charge on any atom is 0.240 e. The summed E-state index contributed by atoms with van der Waals surface area (Å²) in [6.45, 7) is 0. The van der Waals surface area contributed by atoms with Gasteiger partial charge in [0.05, 0.1) is 6.04 Å². The summed E-state index contributed by atoms with van der Waals surface area (Å²) >= 11 is 0. The fourth-order valence-electron chi connectivity index (χ4n) is 2.31. The van der Waals surface area contributed by atoms with Gasteiger partial charge in [0.15, 0.2) is 0 Å². The largest absolute Gasteiger partial charge is 0.368 e. The number of primary amides is 1. The number of benzene rings is 2. The van der Waals surface area contributed by atoms with Gasteiger partial charge in [-0.1, -0.05) is 60.7 Å². The van der Waals surface area contributed by atoms with Crippen LogP contribution in [0.4, 0.5) is 0 Å². The molecule has 5 nitrogen and oxygen atoms in total.